The van der Waals surface area contributed by atoms with Crippen LogP contribution in [0.5, 0.6) is 5.75 Å². The Hall–Kier alpha value is -2.86. The average molecular weight is 323 g/mol. The lowest BCUT2D eigenvalue weighted by molar-refractivity contribution is 0.0391. The summed E-state index contributed by atoms with van der Waals surface area (Å²) in [5.74, 6) is 0.762. The molecule has 122 valence electrons. The summed E-state index contributed by atoms with van der Waals surface area (Å²) >= 11 is 0. The quantitative estimate of drug-likeness (QED) is 0.756. The molecule has 1 aliphatic rings. The summed E-state index contributed by atoms with van der Waals surface area (Å²) in [6.45, 7) is 1.73. The zero-order chi connectivity index (χ0) is 16.5. The van der Waals surface area contributed by atoms with E-state index in [4.69, 9.17) is 4.74 Å². The fraction of sp³-hybridized carbons (Fsp3) is 0.222. The average Bonchev–Trinajstić information content (AvgIpc) is 2.62. The maximum absolute atomic E-state index is 12.3. The second-order valence-electron chi connectivity index (χ2n) is 5.81. The van der Waals surface area contributed by atoms with Crippen LogP contribution in [0.3, 0.4) is 0 Å². The zero-order valence-electron chi connectivity index (χ0n) is 13.0. The number of ether oxygens (including phenoxy) is 1. The zero-order valence-corrected chi connectivity index (χ0v) is 13.0. The molecule has 1 aromatic heterocycles. The van der Waals surface area contributed by atoms with Gasteiger partial charge < -0.3 is 14.7 Å². The Morgan fingerprint density at radius 1 is 1.21 bits per heavy atom. The van der Waals surface area contributed by atoms with Gasteiger partial charge in [-0.25, -0.2) is 4.98 Å². The van der Waals surface area contributed by atoms with Gasteiger partial charge in [-0.2, -0.15) is 0 Å². The summed E-state index contributed by atoms with van der Waals surface area (Å²) < 4.78 is 5.82. The molecule has 0 aliphatic carbocycles. The number of para-hydroxylation sites is 1. The van der Waals surface area contributed by atoms with Crippen molar-refractivity contribution in [2.45, 2.75) is 6.10 Å². The predicted octanol–water partition coefficient (Wildman–Crippen LogP) is 2.21. The van der Waals surface area contributed by atoms with E-state index >= 15 is 0 Å². The molecule has 1 atom stereocenters. The highest BCUT2D eigenvalue weighted by molar-refractivity contribution is 5.78. The smallest absolute Gasteiger partial charge is 0.260 e. The Bertz CT molecular complexity index is 938. The van der Waals surface area contributed by atoms with Gasteiger partial charge in [-0.05, 0) is 29.8 Å². The minimum absolute atomic E-state index is 0.143. The van der Waals surface area contributed by atoms with Gasteiger partial charge in [0, 0.05) is 6.54 Å². The Morgan fingerprint density at radius 3 is 2.96 bits per heavy atom. The van der Waals surface area contributed by atoms with Crippen molar-refractivity contribution in [2.24, 2.45) is 0 Å². The van der Waals surface area contributed by atoms with E-state index in [1.807, 2.05) is 29.2 Å². The van der Waals surface area contributed by atoms with Gasteiger partial charge in [0.15, 0.2) is 0 Å². The molecule has 0 bridgehead atoms. The number of nitrogens with one attached hydrogen (secondary N) is 1. The third-order valence-electron chi connectivity index (χ3n) is 4.21. The lowest BCUT2D eigenvalue weighted by atomic mass is 10.1. The van der Waals surface area contributed by atoms with Crippen LogP contribution in [-0.4, -0.2) is 34.8 Å². The number of phenols is 1. The number of nitrogens with zero attached hydrogens (tertiary/aromatic N) is 2. The number of aromatic hydroxyl groups is 1. The lowest BCUT2D eigenvalue weighted by Gasteiger charge is -2.33. The number of hydrogen-bond acceptors (Lipinski definition) is 5. The lowest BCUT2D eigenvalue weighted by Crippen LogP contribution is -2.40. The van der Waals surface area contributed by atoms with E-state index < -0.39 is 0 Å². The largest absolute Gasteiger partial charge is 0.508 e. The van der Waals surface area contributed by atoms with Gasteiger partial charge in [-0.1, -0.05) is 24.3 Å². The number of rotatable bonds is 2. The third-order valence-corrected chi connectivity index (χ3v) is 4.21. The number of benzene rings is 2. The molecule has 6 nitrogen and oxygen atoms in total. The van der Waals surface area contributed by atoms with Crippen molar-refractivity contribution in [1.29, 1.82) is 0 Å². The molecule has 1 saturated heterocycles. The van der Waals surface area contributed by atoms with Crippen molar-refractivity contribution < 1.29 is 9.84 Å². The van der Waals surface area contributed by atoms with Crippen molar-refractivity contribution in [3.8, 4) is 5.75 Å². The van der Waals surface area contributed by atoms with Gasteiger partial charge in [0.1, 0.15) is 11.9 Å². The van der Waals surface area contributed by atoms with Crippen LogP contribution >= 0.6 is 0 Å². The first-order valence-electron chi connectivity index (χ1n) is 7.85. The van der Waals surface area contributed by atoms with Crippen LogP contribution in [0.4, 0.5) is 5.95 Å². The molecule has 1 aliphatic heterocycles. The van der Waals surface area contributed by atoms with Gasteiger partial charge in [0.25, 0.3) is 5.56 Å². The minimum atomic E-state index is -0.178. The molecule has 2 N–H and O–H groups in total. The van der Waals surface area contributed by atoms with Crippen LogP contribution in [0, 0.1) is 0 Å². The molecule has 2 heterocycles. The highest BCUT2D eigenvalue weighted by atomic mass is 16.5. The first-order chi connectivity index (χ1) is 11.7. The van der Waals surface area contributed by atoms with Gasteiger partial charge in [-0.15, -0.1) is 0 Å². The summed E-state index contributed by atoms with van der Waals surface area (Å²) in [7, 11) is 0. The number of anilines is 1. The number of fused-ring (bicyclic) bond motifs is 1. The maximum Gasteiger partial charge on any atom is 0.260 e. The van der Waals surface area contributed by atoms with Crippen LogP contribution in [0.15, 0.2) is 53.3 Å². The van der Waals surface area contributed by atoms with Crippen LogP contribution in [-0.2, 0) is 4.74 Å². The Kier molecular flexibility index (Phi) is 3.66. The van der Waals surface area contributed by atoms with E-state index in [1.165, 1.54) is 0 Å². The summed E-state index contributed by atoms with van der Waals surface area (Å²) in [5.41, 5.74) is 1.44. The number of aromatic nitrogens is 2. The van der Waals surface area contributed by atoms with E-state index in [2.05, 4.69) is 9.97 Å². The van der Waals surface area contributed by atoms with Crippen molar-refractivity contribution in [1.82, 2.24) is 9.97 Å². The fourth-order valence-electron chi connectivity index (χ4n) is 2.99. The van der Waals surface area contributed by atoms with Crippen molar-refractivity contribution >= 4 is 16.9 Å². The fourth-order valence-corrected chi connectivity index (χ4v) is 2.99. The first kappa shape index (κ1) is 14.7. The number of aromatic amines is 1. The Labute approximate surface area is 138 Å². The number of H-pyrrole nitrogens is 1. The van der Waals surface area contributed by atoms with Gasteiger partial charge in [0.05, 0.1) is 24.1 Å². The molecule has 3 aromatic rings. The summed E-state index contributed by atoms with van der Waals surface area (Å²) in [5, 5.41) is 10.2. The molecule has 0 radical (unpaired) electrons. The second-order valence-corrected chi connectivity index (χ2v) is 5.81. The van der Waals surface area contributed by atoms with Crippen LogP contribution in [0.2, 0.25) is 0 Å². The first-order valence-corrected chi connectivity index (χ1v) is 7.85. The number of phenolic OH excluding ortho intramolecular Hbond substituents is 1. The molecule has 4 rings (SSSR count). The van der Waals surface area contributed by atoms with E-state index in [9.17, 15) is 9.90 Å². The number of hydrogen-bond donors (Lipinski definition) is 2. The Morgan fingerprint density at radius 2 is 2.08 bits per heavy atom. The third kappa shape index (κ3) is 2.72. The molecule has 1 unspecified atom stereocenters. The van der Waals surface area contributed by atoms with Crippen LogP contribution in [0.1, 0.15) is 11.7 Å². The van der Waals surface area contributed by atoms with Crippen molar-refractivity contribution in [3.05, 3.63) is 64.4 Å². The maximum atomic E-state index is 12.3. The molecule has 0 spiro atoms. The Balaban J connectivity index is 1.66. The van der Waals surface area contributed by atoms with E-state index in [0.29, 0.717) is 36.5 Å². The number of morpholine rings is 1. The highest BCUT2D eigenvalue weighted by Crippen LogP contribution is 2.26. The molecule has 1 fully saturated rings. The molecule has 24 heavy (non-hydrogen) atoms. The minimum Gasteiger partial charge on any atom is -0.508 e. The van der Waals surface area contributed by atoms with Crippen molar-refractivity contribution in [3.63, 3.8) is 0 Å². The highest BCUT2D eigenvalue weighted by Gasteiger charge is 2.24. The van der Waals surface area contributed by atoms with Crippen LogP contribution in [0.25, 0.3) is 10.9 Å². The topological polar surface area (TPSA) is 78.5 Å². The monoisotopic (exact) mass is 323 g/mol. The van der Waals surface area contributed by atoms with Gasteiger partial charge >= 0.3 is 0 Å². The normalized spacial score (nSPS) is 18.0. The van der Waals surface area contributed by atoms with Gasteiger partial charge in [-0.3, -0.25) is 9.78 Å². The molecule has 0 saturated carbocycles. The molecule has 2 aromatic carbocycles. The SMILES string of the molecule is O=c1[nH]c(N2CCOC(c3cccc(O)c3)C2)nc2ccccc12. The van der Waals surface area contributed by atoms with E-state index in [-0.39, 0.29) is 17.4 Å². The molecular formula is C18H17N3O3. The molecule has 6 heteroatoms. The summed E-state index contributed by atoms with van der Waals surface area (Å²) in [4.78, 5) is 21.7. The van der Waals surface area contributed by atoms with E-state index in [1.54, 1.807) is 24.3 Å². The van der Waals surface area contributed by atoms with Crippen molar-refractivity contribution in [2.75, 3.05) is 24.6 Å². The van der Waals surface area contributed by atoms with Gasteiger partial charge in [0.2, 0.25) is 5.95 Å². The van der Waals surface area contributed by atoms with E-state index in [0.717, 1.165) is 5.56 Å². The summed E-state index contributed by atoms with van der Waals surface area (Å²) in [6.07, 6.45) is -0.178. The standard InChI is InChI=1S/C18H17N3O3/c22-13-5-3-4-12(10-13)16-11-21(8-9-24-16)18-19-15-7-2-1-6-14(15)17(23)20-18/h1-7,10,16,22H,8-9,11H2,(H,19,20,23). The molecular weight excluding hydrogens is 306 g/mol. The van der Waals surface area contributed by atoms with Crippen LogP contribution < -0.4 is 10.5 Å². The molecule has 0 amide bonds. The summed E-state index contributed by atoms with van der Waals surface area (Å²) in [6, 6.07) is 14.3. The second kappa shape index (κ2) is 5.98. The predicted molar refractivity (Wildman–Crippen MR) is 91.4 cm³/mol.